The van der Waals surface area contributed by atoms with Gasteiger partial charge >= 0.3 is 0 Å². The van der Waals surface area contributed by atoms with E-state index in [1.165, 1.54) is 20.1 Å². The molecule has 0 unspecified atom stereocenters. The Labute approximate surface area is 114 Å². The van der Waals surface area contributed by atoms with Gasteiger partial charge in [0, 0.05) is 27.6 Å². The number of halogens is 2. The lowest BCUT2D eigenvalue weighted by atomic mass is 10.2. The van der Waals surface area contributed by atoms with Crippen molar-refractivity contribution < 1.29 is 0 Å². The molecule has 0 amide bonds. The van der Waals surface area contributed by atoms with Gasteiger partial charge in [-0.05, 0) is 19.1 Å². The minimum absolute atomic E-state index is 1.15. The second-order valence-electron chi connectivity index (χ2n) is 3.20. The quantitative estimate of drug-likeness (QED) is 0.524. The molecule has 0 heterocycles. The molecule has 0 aliphatic carbocycles. The predicted octanol–water partition coefficient (Wildman–Crippen LogP) is 3.67. The van der Waals surface area contributed by atoms with Crippen LogP contribution in [0, 0.1) is 6.92 Å². The highest BCUT2D eigenvalue weighted by atomic mass is 127. The Bertz CT molecular complexity index is 252. The third-order valence-electron chi connectivity index (χ3n) is 2.11. The molecule has 0 N–H and O–H groups in total. The minimum Gasteiger partial charge on any atom is -0.370 e. The SMILES string of the molecule is Cc1ccc(N(CCI)CCI)cc1. The third kappa shape index (κ3) is 3.92. The fourth-order valence-corrected chi connectivity index (χ4v) is 2.49. The van der Waals surface area contributed by atoms with Crippen molar-refractivity contribution in [3.05, 3.63) is 29.8 Å². The van der Waals surface area contributed by atoms with Gasteiger partial charge in [-0.15, -0.1) is 0 Å². The number of benzene rings is 1. The Morgan fingerprint density at radius 1 is 1.00 bits per heavy atom. The average Bonchev–Trinajstić information content (AvgIpc) is 2.19. The van der Waals surface area contributed by atoms with Gasteiger partial charge in [-0.2, -0.15) is 0 Å². The molecule has 3 heteroatoms. The van der Waals surface area contributed by atoms with Crippen LogP contribution in [0.25, 0.3) is 0 Å². The van der Waals surface area contributed by atoms with Crippen molar-refractivity contribution in [2.75, 3.05) is 26.8 Å². The van der Waals surface area contributed by atoms with Crippen LogP contribution in [-0.4, -0.2) is 21.9 Å². The molecule has 1 aromatic carbocycles. The van der Waals surface area contributed by atoms with Gasteiger partial charge in [-0.3, -0.25) is 0 Å². The van der Waals surface area contributed by atoms with Gasteiger partial charge in [0.25, 0.3) is 0 Å². The van der Waals surface area contributed by atoms with E-state index in [0.29, 0.717) is 0 Å². The van der Waals surface area contributed by atoms with Crippen molar-refractivity contribution >= 4 is 50.9 Å². The van der Waals surface area contributed by atoms with Gasteiger partial charge in [-0.25, -0.2) is 0 Å². The largest absolute Gasteiger partial charge is 0.370 e. The van der Waals surface area contributed by atoms with Crippen LogP contribution < -0.4 is 4.90 Å². The molecule has 1 rings (SSSR count). The molecule has 0 aliphatic rings. The number of aryl methyl sites for hydroxylation is 1. The van der Waals surface area contributed by atoms with E-state index in [9.17, 15) is 0 Å². The Kier molecular flexibility index (Phi) is 6.16. The first-order valence-electron chi connectivity index (χ1n) is 4.71. The van der Waals surface area contributed by atoms with E-state index in [0.717, 1.165) is 13.1 Å². The second kappa shape index (κ2) is 6.87. The lowest BCUT2D eigenvalue weighted by Crippen LogP contribution is -2.27. The summed E-state index contributed by atoms with van der Waals surface area (Å²) in [6.07, 6.45) is 0. The first-order chi connectivity index (χ1) is 6.77. The first-order valence-corrected chi connectivity index (χ1v) is 7.76. The molecule has 0 spiro atoms. The number of nitrogens with zero attached hydrogens (tertiary/aromatic N) is 1. The summed E-state index contributed by atoms with van der Waals surface area (Å²) in [6.45, 7) is 4.42. The van der Waals surface area contributed by atoms with Gasteiger partial charge in [0.1, 0.15) is 0 Å². The molecule has 0 aromatic heterocycles. The fraction of sp³-hybridized carbons (Fsp3) is 0.455. The third-order valence-corrected chi connectivity index (χ3v) is 3.07. The molecule has 78 valence electrons. The monoisotopic (exact) mass is 415 g/mol. The summed E-state index contributed by atoms with van der Waals surface area (Å²) >= 11 is 4.86. The molecule has 0 bridgehead atoms. The molecule has 1 aromatic rings. The van der Waals surface area contributed by atoms with E-state index in [4.69, 9.17) is 0 Å². The smallest absolute Gasteiger partial charge is 0.0366 e. The molecule has 1 nitrogen and oxygen atoms in total. The van der Waals surface area contributed by atoms with Crippen molar-refractivity contribution in [2.45, 2.75) is 6.92 Å². The predicted molar refractivity (Wildman–Crippen MR) is 81.2 cm³/mol. The summed E-state index contributed by atoms with van der Waals surface area (Å²) in [5, 5.41) is 0. The first kappa shape index (κ1) is 12.5. The topological polar surface area (TPSA) is 3.24 Å². The second-order valence-corrected chi connectivity index (χ2v) is 5.36. The molecule has 14 heavy (non-hydrogen) atoms. The summed E-state index contributed by atoms with van der Waals surface area (Å²) in [5.41, 5.74) is 2.68. The van der Waals surface area contributed by atoms with Crippen molar-refractivity contribution in [3.63, 3.8) is 0 Å². The molecule has 0 aliphatic heterocycles. The number of rotatable bonds is 5. The highest BCUT2D eigenvalue weighted by molar-refractivity contribution is 14.1. The summed E-state index contributed by atoms with van der Waals surface area (Å²) < 4.78 is 2.37. The molecular weight excluding hydrogens is 400 g/mol. The van der Waals surface area contributed by atoms with E-state index < -0.39 is 0 Å². The summed E-state index contributed by atoms with van der Waals surface area (Å²) in [7, 11) is 0. The lowest BCUT2D eigenvalue weighted by molar-refractivity contribution is 0.891. The van der Waals surface area contributed by atoms with Gasteiger partial charge in [0.15, 0.2) is 0 Å². The number of hydrogen-bond acceptors (Lipinski definition) is 1. The van der Waals surface area contributed by atoms with E-state index >= 15 is 0 Å². The van der Waals surface area contributed by atoms with E-state index in [-0.39, 0.29) is 0 Å². The summed E-state index contributed by atoms with van der Waals surface area (Å²) in [6, 6.07) is 8.80. The Balaban J connectivity index is 2.71. The number of alkyl halides is 2. The van der Waals surface area contributed by atoms with Gasteiger partial charge in [0.05, 0.1) is 0 Å². The standard InChI is InChI=1S/C11H15I2N/c1-10-2-4-11(5-3-10)14(8-6-12)9-7-13/h2-5H,6-9H2,1H3. The van der Waals surface area contributed by atoms with Crippen LogP contribution in [-0.2, 0) is 0 Å². The fourth-order valence-electron chi connectivity index (χ4n) is 1.33. The molecule has 0 fully saturated rings. The highest BCUT2D eigenvalue weighted by Gasteiger charge is 2.03. The maximum Gasteiger partial charge on any atom is 0.0366 e. The van der Waals surface area contributed by atoms with Crippen LogP contribution in [0.2, 0.25) is 0 Å². The molecule has 0 saturated heterocycles. The molecular formula is C11H15I2N. The Morgan fingerprint density at radius 3 is 1.93 bits per heavy atom. The number of anilines is 1. The van der Waals surface area contributed by atoms with Crippen molar-refractivity contribution in [3.8, 4) is 0 Å². The van der Waals surface area contributed by atoms with Crippen LogP contribution in [0.1, 0.15) is 5.56 Å². The normalized spacial score (nSPS) is 10.2. The minimum atomic E-state index is 1.15. The van der Waals surface area contributed by atoms with Crippen LogP contribution in [0.5, 0.6) is 0 Å². The molecule has 0 radical (unpaired) electrons. The molecule has 0 saturated carbocycles. The summed E-state index contributed by atoms with van der Waals surface area (Å²) in [4.78, 5) is 2.44. The van der Waals surface area contributed by atoms with Crippen molar-refractivity contribution in [2.24, 2.45) is 0 Å². The maximum atomic E-state index is 2.44. The van der Waals surface area contributed by atoms with Gasteiger partial charge < -0.3 is 4.90 Å². The van der Waals surface area contributed by atoms with Crippen molar-refractivity contribution in [1.82, 2.24) is 0 Å². The zero-order valence-electron chi connectivity index (χ0n) is 8.34. The van der Waals surface area contributed by atoms with Gasteiger partial charge in [-0.1, -0.05) is 62.9 Å². The van der Waals surface area contributed by atoms with E-state index in [2.05, 4.69) is 81.3 Å². The highest BCUT2D eigenvalue weighted by Crippen LogP contribution is 2.15. The Morgan fingerprint density at radius 2 is 1.50 bits per heavy atom. The van der Waals surface area contributed by atoms with Crippen LogP contribution in [0.4, 0.5) is 5.69 Å². The van der Waals surface area contributed by atoms with Crippen LogP contribution in [0.15, 0.2) is 24.3 Å². The lowest BCUT2D eigenvalue weighted by Gasteiger charge is -2.23. The Hall–Kier alpha value is 0.480. The zero-order valence-corrected chi connectivity index (χ0v) is 12.7. The maximum absolute atomic E-state index is 2.44. The van der Waals surface area contributed by atoms with Crippen molar-refractivity contribution in [1.29, 1.82) is 0 Å². The van der Waals surface area contributed by atoms with Crippen LogP contribution in [0.3, 0.4) is 0 Å². The zero-order chi connectivity index (χ0) is 10.4. The van der Waals surface area contributed by atoms with E-state index in [1.807, 2.05) is 0 Å². The average molecular weight is 415 g/mol. The number of hydrogen-bond donors (Lipinski definition) is 0. The van der Waals surface area contributed by atoms with Gasteiger partial charge in [0.2, 0.25) is 0 Å². The summed E-state index contributed by atoms with van der Waals surface area (Å²) in [5.74, 6) is 0. The van der Waals surface area contributed by atoms with Crippen LogP contribution >= 0.6 is 45.2 Å². The van der Waals surface area contributed by atoms with E-state index in [1.54, 1.807) is 0 Å². The molecule has 0 atom stereocenters.